The van der Waals surface area contributed by atoms with E-state index in [0.717, 1.165) is 16.7 Å². The first-order chi connectivity index (χ1) is 12.7. The maximum atomic E-state index is 12.5. The molecule has 0 saturated heterocycles. The molecule has 0 saturated carbocycles. The maximum Gasteiger partial charge on any atom is 0.340 e. The van der Waals surface area contributed by atoms with E-state index in [9.17, 15) is 14.4 Å². The van der Waals surface area contributed by atoms with Crippen LogP contribution in [0, 0.1) is 34.6 Å². The summed E-state index contributed by atoms with van der Waals surface area (Å²) in [6.07, 6.45) is 0. The highest BCUT2D eigenvalue weighted by Gasteiger charge is 2.24. The van der Waals surface area contributed by atoms with Gasteiger partial charge in [-0.2, -0.15) is 0 Å². The van der Waals surface area contributed by atoms with Crippen LogP contribution in [0.15, 0.2) is 12.1 Å². The van der Waals surface area contributed by atoms with Crippen molar-refractivity contribution in [3.63, 3.8) is 0 Å². The van der Waals surface area contributed by atoms with Gasteiger partial charge in [-0.15, -0.1) is 0 Å². The molecule has 0 bridgehead atoms. The number of carbonyl (C=O) groups excluding carboxylic acids is 3. The SMILES string of the molecule is CCOC(=O)c1c(C)[nH]c(C(=O)COC(=O)c2c(C)cc(C)cc2C)c1C. The third-order valence-electron chi connectivity index (χ3n) is 4.41. The van der Waals surface area contributed by atoms with E-state index in [1.54, 1.807) is 20.8 Å². The summed E-state index contributed by atoms with van der Waals surface area (Å²) in [5, 5.41) is 0. The van der Waals surface area contributed by atoms with Crippen LogP contribution in [0.5, 0.6) is 0 Å². The molecule has 2 rings (SSSR count). The Hall–Kier alpha value is -2.89. The number of Topliss-reactive ketones (excluding diaryl/α,β-unsaturated/α-hetero) is 1. The molecule has 144 valence electrons. The number of carbonyl (C=O) groups is 3. The van der Waals surface area contributed by atoms with Gasteiger partial charge in [-0.1, -0.05) is 17.7 Å². The zero-order chi connectivity index (χ0) is 20.3. The topological polar surface area (TPSA) is 85.5 Å². The second-order valence-corrected chi connectivity index (χ2v) is 6.62. The van der Waals surface area contributed by atoms with Crippen molar-refractivity contribution < 1.29 is 23.9 Å². The fourth-order valence-electron chi connectivity index (χ4n) is 3.32. The Kier molecular flexibility index (Phi) is 6.20. The highest BCUT2D eigenvalue weighted by Crippen LogP contribution is 2.21. The smallest absolute Gasteiger partial charge is 0.340 e. The highest BCUT2D eigenvalue weighted by molar-refractivity contribution is 6.03. The van der Waals surface area contributed by atoms with E-state index in [1.165, 1.54) is 0 Å². The first-order valence-electron chi connectivity index (χ1n) is 8.81. The first-order valence-corrected chi connectivity index (χ1v) is 8.81. The monoisotopic (exact) mass is 371 g/mol. The lowest BCUT2D eigenvalue weighted by Gasteiger charge is -2.10. The quantitative estimate of drug-likeness (QED) is 0.617. The van der Waals surface area contributed by atoms with E-state index in [0.29, 0.717) is 22.4 Å². The first kappa shape index (κ1) is 20.4. The second-order valence-electron chi connectivity index (χ2n) is 6.62. The van der Waals surface area contributed by atoms with E-state index in [2.05, 4.69) is 4.98 Å². The number of esters is 2. The minimum atomic E-state index is -0.537. The van der Waals surface area contributed by atoms with Crippen molar-refractivity contribution in [3.8, 4) is 0 Å². The molecule has 6 heteroatoms. The van der Waals surface area contributed by atoms with Gasteiger partial charge in [0, 0.05) is 5.69 Å². The summed E-state index contributed by atoms with van der Waals surface area (Å²) >= 11 is 0. The zero-order valence-electron chi connectivity index (χ0n) is 16.6. The van der Waals surface area contributed by atoms with Crippen molar-refractivity contribution in [2.24, 2.45) is 0 Å². The molecule has 1 heterocycles. The number of rotatable bonds is 6. The summed E-state index contributed by atoms with van der Waals surface area (Å²) in [5.41, 5.74) is 4.78. The Morgan fingerprint density at radius 2 is 1.44 bits per heavy atom. The summed E-state index contributed by atoms with van der Waals surface area (Å²) in [6, 6.07) is 3.80. The third-order valence-corrected chi connectivity index (χ3v) is 4.41. The number of aromatic amines is 1. The fraction of sp³-hybridized carbons (Fsp3) is 0.381. The molecule has 0 unspecified atom stereocenters. The van der Waals surface area contributed by atoms with Gasteiger partial charge in [0.1, 0.15) is 0 Å². The molecule has 27 heavy (non-hydrogen) atoms. The van der Waals surface area contributed by atoms with E-state index in [4.69, 9.17) is 9.47 Å². The number of nitrogens with one attached hydrogen (secondary N) is 1. The van der Waals surface area contributed by atoms with Gasteiger partial charge in [-0.3, -0.25) is 4.79 Å². The van der Waals surface area contributed by atoms with E-state index in [-0.39, 0.29) is 12.3 Å². The van der Waals surface area contributed by atoms with Gasteiger partial charge >= 0.3 is 11.9 Å². The number of aryl methyl sites for hydroxylation is 4. The molecule has 1 N–H and O–H groups in total. The minimum Gasteiger partial charge on any atom is -0.462 e. The summed E-state index contributed by atoms with van der Waals surface area (Å²) in [6.45, 7) is 10.5. The van der Waals surface area contributed by atoms with Crippen LogP contribution in [0.3, 0.4) is 0 Å². The largest absolute Gasteiger partial charge is 0.462 e. The minimum absolute atomic E-state index is 0.249. The number of aromatic nitrogens is 1. The Bertz CT molecular complexity index is 885. The van der Waals surface area contributed by atoms with Crippen LogP contribution < -0.4 is 0 Å². The molecule has 0 atom stereocenters. The normalized spacial score (nSPS) is 10.6. The van der Waals surface area contributed by atoms with Crippen molar-refractivity contribution in [2.75, 3.05) is 13.2 Å². The average Bonchev–Trinajstić information content (AvgIpc) is 2.86. The van der Waals surface area contributed by atoms with Gasteiger partial charge in [0.25, 0.3) is 0 Å². The highest BCUT2D eigenvalue weighted by atomic mass is 16.5. The molecule has 0 aliphatic carbocycles. The molecule has 1 aromatic carbocycles. The van der Waals surface area contributed by atoms with E-state index < -0.39 is 24.3 Å². The van der Waals surface area contributed by atoms with Crippen molar-refractivity contribution in [1.29, 1.82) is 0 Å². The van der Waals surface area contributed by atoms with Crippen LogP contribution in [0.1, 0.15) is 66.1 Å². The zero-order valence-corrected chi connectivity index (χ0v) is 16.6. The van der Waals surface area contributed by atoms with Gasteiger partial charge in [0.15, 0.2) is 6.61 Å². The number of hydrogen-bond donors (Lipinski definition) is 1. The summed E-state index contributed by atoms with van der Waals surface area (Å²) in [5.74, 6) is -1.42. The third kappa shape index (κ3) is 4.27. The molecule has 0 aliphatic heterocycles. The molecular weight excluding hydrogens is 346 g/mol. The fourth-order valence-corrected chi connectivity index (χ4v) is 3.32. The lowest BCUT2D eigenvalue weighted by atomic mass is 10.00. The number of benzene rings is 1. The number of hydrogen-bond acceptors (Lipinski definition) is 5. The van der Waals surface area contributed by atoms with Crippen molar-refractivity contribution in [1.82, 2.24) is 4.98 Å². The van der Waals surface area contributed by atoms with Gasteiger partial charge in [0.2, 0.25) is 5.78 Å². The molecule has 0 fully saturated rings. The van der Waals surface area contributed by atoms with Gasteiger partial charge in [-0.25, -0.2) is 9.59 Å². The van der Waals surface area contributed by atoms with E-state index >= 15 is 0 Å². The molecule has 0 aliphatic rings. The maximum absolute atomic E-state index is 12.5. The van der Waals surface area contributed by atoms with Crippen LogP contribution >= 0.6 is 0 Å². The van der Waals surface area contributed by atoms with Crippen molar-refractivity contribution in [2.45, 2.75) is 41.5 Å². The molecular formula is C21H25NO5. The Morgan fingerprint density at radius 1 is 0.889 bits per heavy atom. The van der Waals surface area contributed by atoms with Crippen molar-refractivity contribution >= 4 is 17.7 Å². The summed E-state index contributed by atoms with van der Waals surface area (Å²) in [7, 11) is 0. The van der Waals surface area contributed by atoms with Gasteiger partial charge in [0.05, 0.1) is 23.4 Å². The predicted molar refractivity (Wildman–Crippen MR) is 101 cm³/mol. The Morgan fingerprint density at radius 3 is 2.00 bits per heavy atom. The van der Waals surface area contributed by atoms with Crippen LogP contribution in [-0.4, -0.2) is 35.9 Å². The van der Waals surface area contributed by atoms with Crippen molar-refractivity contribution in [3.05, 3.63) is 56.9 Å². The summed E-state index contributed by atoms with van der Waals surface area (Å²) in [4.78, 5) is 39.9. The Balaban J connectivity index is 2.16. The van der Waals surface area contributed by atoms with Crippen LogP contribution in [0.2, 0.25) is 0 Å². The van der Waals surface area contributed by atoms with E-state index in [1.807, 2.05) is 32.9 Å². The lowest BCUT2D eigenvalue weighted by molar-refractivity contribution is 0.0470. The number of ketones is 1. The summed E-state index contributed by atoms with van der Waals surface area (Å²) < 4.78 is 10.3. The van der Waals surface area contributed by atoms with Gasteiger partial charge in [-0.05, 0) is 58.2 Å². The number of ether oxygens (including phenoxy) is 2. The average molecular weight is 371 g/mol. The van der Waals surface area contributed by atoms with Crippen LogP contribution in [0.4, 0.5) is 0 Å². The molecule has 6 nitrogen and oxygen atoms in total. The van der Waals surface area contributed by atoms with Crippen LogP contribution in [-0.2, 0) is 9.47 Å². The second kappa shape index (κ2) is 8.20. The standard InChI is InChI=1S/C21H25NO5/c1-7-26-21(25)18-14(5)19(22-15(18)6)16(23)10-27-20(24)17-12(3)8-11(2)9-13(17)4/h8-9,22H,7,10H2,1-6H3. The molecule has 0 amide bonds. The molecule has 0 spiro atoms. The molecule has 0 radical (unpaired) electrons. The lowest BCUT2D eigenvalue weighted by Crippen LogP contribution is -2.17. The molecule has 2 aromatic rings. The predicted octanol–water partition coefficient (Wildman–Crippen LogP) is 3.77. The van der Waals surface area contributed by atoms with Gasteiger partial charge < -0.3 is 14.5 Å². The number of H-pyrrole nitrogens is 1. The Labute approximate surface area is 158 Å². The van der Waals surface area contributed by atoms with Crippen LogP contribution in [0.25, 0.3) is 0 Å². The molecule has 1 aromatic heterocycles.